The first-order chi connectivity index (χ1) is 8.28. The number of hydrogen-bond donors (Lipinski definition) is 1. The molecule has 2 rings (SSSR count). The minimum atomic E-state index is 0.801. The molecule has 1 saturated heterocycles. The van der Waals surface area contributed by atoms with Crippen LogP contribution in [0.4, 0.5) is 5.69 Å². The Morgan fingerprint density at radius 1 is 1.12 bits per heavy atom. The number of nitrogens with two attached hydrogens (primary N) is 1. The molecule has 5 heteroatoms. The van der Waals surface area contributed by atoms with Crippen LogP contribution in [0.1, 0.15) is 5.56 Å². The predicted octanol–water partition coefficient (Wildman–Crippen LogP) is 1.39. The van der Waals surface area contributed by atoms with Crippen LogP contribution in [0.15, 0.2) is 34.6 Å². The molecule has 2 N–H and O–H groups in total. The second-order valence-corrected chi connectivity index (χ2v) is 4.46. The van der Waals surface area contributed by atoms with Crippen molar-refractivity contribution in [1.82, 2.24) is 9.80 Å². The summed E-state index contributed by atoms with van der Waals surface area (Å²) in [6.07, 6.45) is 0. The summed E-state index contributed by atoms with van der Waals surface area (Å²) in [5, 5.41) is 7.06. The Hall–Kier alpha value is -1.46. The zero-order chi connectivity index (χ0) is 12.1. The highest BCUT2D eigenvalue weighted by molar-refractivity contribution is 5.38. The molecule has 0 saturated carbocycles. The van der Waals surface area contributed by atoms with Crippen LogP contribution in [-0.4, -0.2) is 43.0 Å². The van der Waals surface area contributed by atoms with Gasteiger partial charge in [0.05, 0.1) is 5.69 Å². The predicted molar refractivity (Wildman–Crippen MR) is 67.9 cm³/mol. The van der Waals surface area contributed by atoms with Crippen LogP contribution in [-0.2, 0) is 6.54 Å². The Morgan fingerprint density at radius 2 is 1.76 bits per heavy atom. The van der Waals surface area contributed by atoms with E-state index in [9.17, 15) is 0 Å². The van der Waals surface area contributed by atoms with E-state index in [1.54, 1.807) is 0 Å². The van der Waals surface area contributed by atoms with E-state index in [1.807, 2.05) is 12.1 Å². The average Bonchev–Trinajstić information content (AvgIpc) is 2.35. The first-order valence-electron chi connectivity index (χ1n) is 5.89. The highest BCUT2D eigenvalue weighted by Crippen LogP contribution is 2.14. The van der Waals surface area contributed by atoms with Crippen molar-refractivity contribution in [3.05, 3.63) is 29.8 Å². The molecule has 92 valence electrons. The molecule has 0 unspecified atom stereocenters. The number of hydrogen-bond acceptors (Lipinski definition) is 4. The fourth-order valence-corrected chi connectivity index (χ4v) is 2.00. The Bertz CT molecular complexity index is 365. The van der Waals surface area contributed by atoms with Crippen molar-refractivity contribution >= 4 is 5.69 Å². The number of rotatable bonds is 3. The van der Waals surface area contributed by atoms with Gasteiger partial charge in [0.2, 0.25) is 0 Å². The molecule has 17 heavy (non-hydrogen) atoms. The number of piperazine rings is 1. The van der Waals surface area contributed by atoms with Crippen LogP contribution in [0.25, 0.3) is 0 Å². The fraction of sp³-hybridized carbons (Fsp3) is 0.500. The third-order valence-electron chi connectivity index (χ3n) is 3.11. The van der Waals surface area contributed by atoms with Crippen molar-refractivity contribution in [2.75, 3.05) is 33.2 Å². The lowest BCUT2D eigenvalue weighted by Gasteiger charge is -2.32. The van der Waals surface area contributed by atoms with Gasteiger partial charge in [-0.2, -0.15) is 0 Å². The van der Waals surface area contributed by atoms with E-state index in [0.29, 0.717) is 0 Å². The van der Waals surface area contributed by atoms with Crippen molar-refractivity contribution in [1.29, 1.82) is 0 Å². The van der Waals surface area contributed by atoms with E-state index in [2.05, 4.69) is 39.3 Å². The maximum absolute atomic E-state index is 5.01. The van der Waals surface area contributed by atoms with Crippen molar-refractivity contribution in [2.45, 2.75) is 6.54 Å². The molecule has 1 heterocycles. The van der Waals surface area contributed by atoms with Gasteiger partial charge in [0.15, 0.2) is 0 Å². The first-order valence-corrected chi connectivity index (χ1v) is 5.89. The standard InChI is InChI=1S/C12H19N5/c1-16-6-8-17(9-7-16)10-11-2-4-12(5-3-11)14-15-13/h2-5H,6-10H2,1H3,(H2,13,14). The fourth-order valence-electron chi connectivity index (χ4n) is 2.00. The summed E-state index contributed by atoms with van der Waals surface area (Å²) in [7, 11) is 2.17. The molecule has 1 fully saturated rings. The summed E-state index contributed by atoms with van der Waals surface area (Å²) < 4.78 is 0. The smallest absolute Gasteiger partial charge is 0.0874 e. The van der Waals surface area contributed by atoms with Gasteiger partial charge in [-0.15, -0.1) is 5.11 Å². The van der Waals surface area contributed by atoms with E-state index in [4.69, 9.17) is 5.84 Å². The van der Waals surface area contributed by atoms with Gasteiger partial charge in [0.1, 0.15) is 0 Å². The van der Waals surface area contributed by atoms with Gasteiger partial charge < -0.3 is 10.7 Å². The third kappa shape index (κ3) is 3.51. The average molecular weight is 233 g/mol. The summed E-state index contributed by atoms with van der Waals surface area (Å²) in [5.74, 6) is 5.01. The number of benzene rings is 1. The number of nitrogens with zero attached hydrogens (tertiary/aromatic N) is 4. The molecule has 5 nitrogen and oxygen atoms in total. The van der Waals surface area contributed by atoms with Gasteiger partial charge in [0.25, 0.3) is 0 Å². The van der Waals surface area contributed by atoms with Crippen LogP contribution in [0.5, 0.6) is 0 Å². The zero-order valence-electron chi connectivity index (χ0n) is 10.2. The van der Waals surface area contributed by atoms with Crippen molar-refractivity contribution in [2.24, 2.45) is 16.2 Å². The lowest BCUT2D eigenvalue weighted by Crippen LogP contribution is -2.43. The highest BCUT2D eigenvalue weighted by Gasteiger charge is 2.13. The SMILES string of the molecule is CN1CCN(Cc2ccc(N=NN)cc2)CC1. The molecule has 0 aliphatic carbocycles. The molecule has 0 atom stereocenters. The van der Waals surface area contributed by atoms with Crippen LogP contribution in [0, 0.1) is 0 Å². The van der Waals surface area contributed by atoms with E-state index in [-0.39, 0.29) is 0 Å². The Labute approximate surface area is 102 Å². The second-order valence-electron chi connectivity index (χ2n) is 4.46. The topological polar surface area (TPSA) is 57.2 Å². The molecular formula is C12H19N5. The summed E-state index contributed by atoms with van der Waals surface area (Å²) in [6, 6.07) is 8.06. The normalized spacial score (nSPS) is 18.9. The highest BCUT2D eigenvalue weighted by atomic mass is 15.3. The molecule has 0 amide bonds. The molecule has 1 aliphatic heterocycles. The van der Waals surface area contributed by atoms with Gasteiger partial charge >= 0.3 is 0 Å². The van der Waals surface area contributed by atoms with Gasteiger partial charge in [-0.25, -0.2) is 0 Å². The first kappa shape index (κ1) is 12.0. The Balaban J connectivity index is 1.90. The van der Waals surface area contributed by atoms with E-state index in [1.165, 1.54) is 5.56 Å². The summed E-state index contributed by atoms with van der Waals surface area (Å²) in [4.78, 5) is 4.83. The van der Waals surface area contributed by atoms with Gasteiger partial charge in [-0.3, -0.25) is 4.90 Å². The minimum Gasteiger partial charge on any atom is -0.305 e. The van der Waals surface area contributed by atoms with Crippen LogP contribution in [0.2, 0.25) is 0 Å². The van der Waals surface area contributed by atoms with Crippen LogP contribution < -0.4 is 5.84 Å². The Morgan fingerprint density at radius 3 is 2.35 bits per heavy atom. The Kier molecular flexibility index (Phi) is 4.06. The largest absolute Gasteiger partial charge is 0.305 e. The van der Waals surface area contributed by atoms with E-state index < -0.39 is 0 Å². The van der Waals surface area contributed by atoms with Crippen molar-refractivity contribution in [3.63, 3.8) is 0 Å². The third-order valence-corrected chi connectivity index (χ3v) is 3.11. The zero-order valence-corrected chi connectivity index (χ0v) is 10.2. The van der Waals surface area contributed by atoms with Crippen molar-refractivity contribution in [3.8, 4) is 0 Å². The lowest BCUT2D eigenvalue weighted by molar-refractivity contribution is 0.148. The van der Waals surface area contributed by atoms with Gasteiger partial charge in [-0.05, 0) is 24.7 Å². The quantitative estimate of drug-likeness (QED) is 0.487. The van der Waals surface area contributed by atoms with Crippen molar-refractivity contribution < 1.29 is 0 Å². The maximum atomic E-state index is 5.01. The monoisotopic (exact) mass is 233 g/mol. The van der Waals surface area contributed by atoms with Crippen LogP contribution >= 0.6 is 0 Å². The molecule has 1 aliphatic rings. The molecule has 0 spiro atoms. The van der Waals surface area contributed by atoms with Gasteiger partial charge in [0, 0.05) is 32.7 Å². The summed E-state index contributed by atoms with van der Waals surface area (Å²) in [5.41, 5.74) is 2.11. The summed E-state index contributed by atoms with van der Waals surface area (Å²) in [6.45, 7) is 5.59. The molecule has 0 aromatic heterocycles. The number of likely N-dealkylation sites (N-methyl/N-ethyl adjacent to an activating group) is 1. The van der Waals surface area contributed by atoms with E-state index >= 15 is 0 Å². The molecule has 0 bridgehead atoms. The minimum absolute atomic E-state index is 0.801. The lowest BCUT2D eigenvalue weighted by atomic mass is 10.2. The van der Waals surface area contributed by atoms with E-state index in [0.717, 1.165) is 38.4 Å². The molecule has 1 aromatic rings. The summed E-state index contributed by atoms with van der Waals surface area (Å²) >= 11 is 0. The van der Waals surface area contributed by atoms with Gasteiger partial charge in [-0.1, -0.05) is 17.4 Å². The second kappa shape index (κ2) is 5.75. The molecule has 1 aromatic carbocycles. The maximum Gasteiger partial charge on any atom is 0.0874 e. The molecular weight excluding hydrogens is 214 g/mol. The molecule has 0 radical (unpaired) electrons. The van der Waals surface area contributed by atoms with Crippen LogP contribution in [0.3, 0.4) is 0 Å².